The third kappa shape index (κ3) is 4.54. The largest absolute Gasteiger partial charge is 0.330 e. The van der Waals surface area contributed by atoms with Crippen molar-refractivity contribution in [2.75, 3.05) is 11.3 Å². The molecule has 0 spiro atoms. The van der Waals surface area contributed by atoms with E-state index in [9.17, 15) is 0 Å². The Hall–Kier alpha value is -0.670. The van der Waals surface area contributed by atoms with Crippen LogP contribution in [0.3, 0.4) is 0 Å². The Morgan fingerprint density at radius 1 is 1.22 bits per heavy atom. The van der Waals surface area contributed by atoms with Crippen LogP contribution < -0.4 is 10.5 Å². The van der Waals surface area contributed by atoms with Crippen LogP contribution in [-0.4, -0.2) is 11.8 Å². The van der Waals surface area contributed by atoms with Gasteiger partial charge in [0, 0.05) is 10.9 Å². The van der Waals surface area contributed by atoms with E-state index in [1.807, 2.05) is 11.9 Å². The van der Waals surface area contributed by atoms with Gasteiger partial charge in [-0.05, 0) is 61.9 Å². The molecular formula is C15H24N2S. The number of aryl methyl sites for hydroxylation is 1. The molecule has 18 heavy (non-hydrogen) atoms. The number of hydrogen-bond donors (Lipinski definition) is 2. The zero-order valence-electron chi connectivity index (χ0n) is 11.0. The molecule has 1 saturated carbocycles. The summed E-state index contributed by atoms with van der Waals surface area (Å²) in [6.07, 6.45) is 9.10. The fourth-order valence-corrected chi connectivity index (χ4v) is 3.43. The van der Waals surface area contributed by atoms with Gasteiger partial charge in [0.25, 0.3) is 0 Å². The Bertz CT molecular complexity index is 348. The van der Waals surface area contributed by atoms with E-state index in [1.54, 1.807) is 0 Å². The van der Waals surface area contributed by atoms with Crippen LogP contribution in [0, 0.1) is 0 Å². The summed E-state index contributed by atoms with van der Waals surface area (Å²) in [4.78, 5) is 0. The van der Waals surface area contributed by atoms with Crippen LogP contribution in [0.2, 0.25) is 0 Å². The van der Waals surface area contributed by atoms with E-state index in [2.05, 4.69) is 29.0 Å². The number of hydrogen-bond acceptors (Lipinski definition) is 3. The predicted octanol–water partition coefficient (Wildman–Crippen LogP) is 3.97. The van der Waals surface area contributed by atoms with Gasteiger partial charge in [0.1, 0.15) is 0 Å². The summed E-state index contributed by atoms with van der Waals surface area (Å²) in [6.45, 7) is 0.772. The molecule has 0 atom stereocenters. The van der Waals surface area contributed by atoms with Crippen molar-refractivity contribution in [1.29, 1.82) is 0 Å². The SMILES string of the molecule is NCCCc1cccc(NSC2CCCCC2)c1. The quantitative estimate of drug-likeness (QED) is 0.764. The lowest BCUT2D eigenvalue weighted by molar-refractivity contribution is 0.516. The molecule has 1 aromatic rings. The molecule has 1 aliphatic rings. The fraction of sp³-hybridized carbons (Fsp3) is 0.600. The van der Waals surface area contributed by atoms with Gasteiger partial charge in [-0.3, -0.25) is 0 Å². The van der Waals surface area contributed by atoms with E-state index in [4.69, 9.17) is 5.73 Å². The molecule has 0 aromatic heterocycles. The Labute approximate surface area is 115 Å². The summed E-state index contributed by atoms with van der Waals surface area (Å²) in [5.74, 6) is 0. The van der Waals surface area contributed by atoms with Gasteiger partial charge < -0.3 is 10.5 Å². The lowest BCUT2D eigenvalue weighted by atomic mass is 10.0. The predicted molar refractivity (Wildman–Crippen MR) is 81.9 cm³/mol. The highest BCUT2D eigenvalue weighted by Crippen LogP contribution is 2.29. The van der Waals surface area contributed by atoms with Crippen LogP contribution in [0.4, 0.5) is 5.69 Å². The summed E-state index contributed by atoms with van der Waals surface area (Å²) in [7, 11) is 0. The van der Waals surface area contributed by atoms with Crippen molar-refractivity contribution in [2.24, 2.45) is 5.73 Å². The molecule has 2 rings (SSSR count). The maximum atomic E-state index is 5.55. The van der Waals surface area contributed by atoms with Gasteiger partial charge in [0.05, 0.1) is 0 Å². The highest BCUT2D eigenvalue weighted by atomic mass is 32.2. The number of rotatable bonds is 6. The normalized spacial score (nSPS) is 16.7. The molecule has 0 aliphatic heterocycles. The molecule has 0 radical (unpaired) electrons. The van der Waals surface area contributed by atoms with Gasteiger partial charge in [-0.2, -0.15) is 0 Å². The first-order valence-corrected chi connectivity index (χ1v) is 7.97. The number of anilines is 1. The topological polar surface area (TPSA) is 38.0 Å². The van der Waals surface area contributed by atoms with E-state index in [-0.39, 0.29) is 0 Å². The van der Waals surface area contributed by atoms with Crippen molar-refractivity contribution < 1.29 is 0 Å². The van der Waals surface area contributed by atoms with Crippen LogP contribution in [0.1, 0.15) is 44.1 Å². The van der Waals surface area contributed by atoms with Gasteiger partial charge in [-0.25, -0.2) is 0 Å². The third-order valence-electron chi connectivity index (χ3n) is 3.49. The lowest BCUT2D eigenvalue weighted by Gasteiger charge is -2.21. The van der Waals surface area contributed by atoms with Crippen LogP contribution in [0.15, 0.2) is 24.3 Å². The molecule has 3 heteroatoms. The second kappa shape index (κ2) is 7.70. The second-order valence-corrected chi connectivity index (χ2v) is 6.18. The summed E-state index contributed by atoms with van der Waals surface area (Å²) < 4.78 is 3.52. The molecule has 0 amide bonds. The van der Waals surface area contributed by atoms with Gasteiger partial charge >= 0.3 is 0 Å². The van der Waals surface area contributed by atoms with Crippen molar-refractivity contribution in [2.45, 2.75) is 50.2 Å². The van der Waals surface area contributed by atoms with Crippen molar-refractivity contribution in [3.63, 3.8) is 0 Å². The first-order valence-electron chi connectivity index (χ1n) is 7.09. The highest BCUT2D eigenvalue weighted by Gasteiger charge is 2.13. The second-order valence-electron chi connectivity index (χ2n) is 5.07. The van der Waals surface area contributed by atoms with E-state index in [0.29, 0.717) is 0 Å². The Balaban J connectivity index is 1.80. The molecule has 1 aliphatic carbocycles. The molecule has 1 fully saturated rings. The zero-order valence-corrected chi connectivity index (χ0v) is 11.8. The van der Waals surface area contributed by atoms with Crippen LogP contribution >= 0.6 is 11.9 Å². The average Bonchev–Trinajstić information content (AvgIpc) is 2.44. The molecule has 0 unspecified atom stereocenters. The lowest BCUT2D eigenvalue weighted by Crippen LogP contribution is -2.10. The van der Waals surface area contributed by atoms with Crippen LogP contribution in [-0.2, 0) is 6.42 Å². The monoisotopic (exact) mass is 264 g/mol. The molecule has 100 valence electrons. The number of nitrogens with one attached hydrogen (secondary N) is 1. The smallest absolute Gasteiger partial charge is 0.0442 e. The number of benzene rings is 1. The summed E-state index contributed by atoms with van der Waals surface area (Å²) in [5, 5.41) is 0.798. The van der Waals surface area contributed by atoms with Crippen LogP contribution in [0.5, 0.6) is 0 Å². The van der Waals surface area contributed by atoms with E-state index in [0.717, 1.165) is 24.6 Å². The molecule has 0 heterocycles. The standard InChI is InChI=1S/C15H24N2S/c16-11-5-7-13-6-4-8-14(12-13)17-18-15-9-2-1-3-10-15/h4,6,8,12,15,17H,1-3,5,7,9-11,16H2. The Morgan fingerprint density at radius 2 is 2.06 bits per heavy atom. The molecule has 0 bridgehead atoms. The average molecular weight is 264 g/mol. The highest BCUT2D eigenvalue weighted by molar-refractivity contribution is 8.01. The van der Waals surface area contributed by atoms with Crippen molar-refractivity contribution in [3.8, 4) is 0 Å². The molecule has 0 saturated heterocycles. The first-order chi connectivity index (χ1) is 8.88. The van der Waals surface area contributed by atoms with Gasteiger partial charge in [-0.1, -0.05) is 31.4 Å². The van der Waals surface area contributed by atoms with Gasteiger partial charge in [0.2, 0.25) is 0 Å². The van der Waals surface area contributed by atoms with Crippen LogP contribution in [0.25, 0.3) is 0 Å². The van der Waals surface area contributed by atoms with Crippen molar-refractivity contribution in [1.82, 2.24) is 0 Å². The van der Waals surface area contributed by atoms with Crippen molar-refractivity contribution >= 4 is 17.6 Å². The first kappa shape index (κ1) is 13.8. The minimum absolute atomic E-state index is 0.772. The zero-order chi connectivity index (χ0) is 12.6. The van der Waals surface area contributed by atoms with E-state index < -0.39 is 0 Å². The number of nitrogens with two attached hydrogens (primary N) is 1. The molecule has 1 aromatic carbocycles. The summed E-state index contributed by atoms with van der Waals surface area (Å²) >= 11 is 1.91. The molecule has 2 nitrogen and oxygen atoms in total. The summed E-state index contributed by atoms with van der Waals surface area (Å²) in [5.41, 5.74) is 8.17. The Morgan fingerprint density at radius 3 is 2.83 bits per heavy atom. The Kier molecular flexibility index (Phi) is 5.88. The van der Waals surface area contributed by atoms with E-state index in [1.165, 1.54) is 43.4 Å². The maximum Gasteiger partial charge on any atom is 0.0442 e. The minimum Gasteiger partial charge on any atom is -0.330 e. The van der Waals surface area contributed by atoms with Gasteiger partial charge in [0.15, 0.2) is 0 Å². The fourth-order valence-electron chi connectivity index (χ4n) is 2.43. The third-order valence-corrected chi connectivity index (χ3v) is 4.65. The van der Waals surface area contributed by atoms with Crippen molar-refractivity contribution in [3.05, 3.63) is 29.8 Å². The minimum atomic E-state index is 0.772. The molecular weight excluding hydrogens is 240 g/mol. The summed E-state index contributed by atoms with van der Waals surface area (Å²) in [6, 6.07) is 8.73. The van der Waals surface area contributed by atoms with Gasteiger partial charge in [-0.15, -0.1) is 0 Å². The van der Waals surface area contributed by atoms with E-state index >= 15 is 0 Å². The maximum absolute atomic E-state index is 5.55. The molecule has 3 N–H and O–H groups in total.